The molecule has 0 amide bonds. The van der Waals surface area contributed by atoms with E-state index in [0.717, 1.165) is 17.3 Å². The summed E-state index contributed by atoms with van der Waals surface area (Å²) in [6.45, 7) is 1.67. The van der Waals surface area contributed by atoms with Crippen LogP contribution in [0.4, 0.5) is 30.8 Å². The third kappa shape index (κ3) is 7.68. The molecule has 3 aromatic heterocycles. The van der Waals surface area contributed by atoms with Gasteiger partial charge in [-0.25, -0.2) is 19.9 Å². The summed E-state index contributed by atoms with van der Waals surface area (Å²) in [4.78, 5) is 24.5. The van der Waals surface area contributed by atoms with E-state index < -0.39 is 23.6 Å². The number of ether oxygens (including phenoxy) is 2. The van der Waals surface area contributed by atoms with Gasteiger partial charge < -0.3 is 34.8 Å². The van der Waals surface area contributed by atoms with Crippen molar-refractivity contribution in [2.45, 2.75) is 62.7 Å². The highest BCUT2D eigenvalue weighted by Crippen LogP contribution is 2.39. The smallest absolute Gasteiger partial charge is 0.421 e. The van der Waals surface area contributed by atoms with E-state index in [-0.39, 0.29) is 49.6 Å². The number of nitrogens with zero attached hydrogens (tertiary/aromatic N) is 7. The SMILES string of the molecule is COc1ncc(-c2ccc(N(C(O)COc3ccccc3)C3CCC(Nc4ncc(C(F)(F)F)c(N5CC(C)(O)C5)n4)CC3)nc2)cn1. The fraction of sp³-hybridized carbons (Fsp3) is 0.424. The van der Waals surface area contributed by atoms with Crippen molar-refractivity contribution in [2.75, 3.05) is 41.9 Å². The molecule has 0 radical (unpaired) electrons. The number of rotatable bonds is 11. The lowest BCUT2D eigenvalue weighted by Crippen LogP contribution is -2.60. The number of methoxy groups -OCH3 is 1. The third-order valence-corrected chi connectivity index (χ3v) is 8.48. The van der Waals surface area contributed by atoms with Gasteiger partial charge in [0.2, 0.25) is 5.95 Å². The van der Waals surface area contributed by atoms with Crippen LogP contribution >= 0.6 is 0 Å². The van der Waals surface area contributed by atoms with Crippen molar-refractivity contribution in [3.63, 3.8) is 0 Å². The van der Waals surface area contributed by atoms with E-state index in [4.69, 9.17) is 9.47 Å². The highest BCUT2D eigenvalue weighted by molar-refractivity contribution is 5.62. The van der Waals surface area contributed by atoms with Gasteiger partial charge in [-0.15, -0.1) is 0 Å². The van der Waals surface area contributed by atoms with Crippen LogP contribution in [-0.2, 0) is 6.18 Å². The zero-order valence-electron chi connectivity index (χ0n) is 26.5. The van der Waals surface area contributed by atoms with Crippen molar-refractivity contribution in [2.24, 2.45) is 0 Å². The van der Waals surface area contributed by atoms with Crippen molar-refractivity contribution >= 4 is 17.6 Å². The molecular formula is C33H37F3N8O4. The number of alkyl halides is 3. The number of nitrogens with one attached hydrogen (secondary N) is 1. The molecule has 0 bridgehead atoms. The van der Waals surface area contributed by atoms with Crippen LogP contribution < -0.4 is 24.6 Å². The third-order valence-electron chi connectivity index (χ3n) is 8.48. The predicted octanol–water partition coefficient (Wildman–Crippen LogP) is 4.55. The molecule has 0 spiro atoms. The maximum absolute atomic E-state index is 13.7. The average Bonchev–Trinajstić information content (AvgIpc) is 3.07. The van der Waals surface area contributed by atoms with Crippen LogP contribution in [0.25, 0.3) is 11.1 Å². The lowest BCUT2D eigenvalue weighted by molar-refractivity contribution is -0.137. The number of β-amino-alcohol motifs (C(OH)–C–C–N with tert-alkyl or cyclic N) is 1. The quantitative estimate of drug-likeness (QED) is 0.193. The van der Waals surface area contributed by atoms with Crippen molar-refractivity contribution in [1.29, 1.82) is 0 Å². The molecule has 1 aliphatic carbocycles. The monoisotopic (exact) mass is 666 g/mol. The van der Waals surface area contributed by atoms with Crippen molar-refractivity contribution in [1.82, 2.24) is 24.9 Å². The zero-order valence-corrected chi connectivity index (χ0v) is 26.5. The van der Waals surface area contributed by atoms with Gasteiger partial charge in [-0.05, 0) is 56.9 Å². The molecule has 1 aliphatic heterocycles. The van der Waals surface area contributed by atoms with Gasteiger partial charge in [0.1, 0.15) is 29.6 Å². The molecule has 2 aliphatic rings. The largest absolute Gasteiger partial charge is 0.489 e. The minimum atomic E-state index is -4.63. The fourth-order valence-electron chi connectivity index (χ4n) is 6.12. The molecule has 3 N–H and O–H groups in total. The van der Waals surface area contributed by atoms with E-state index >= 15 is 0 Å². The highest BCUT2D eigenvalue weighted by atomic mass is 19.4. The van der Waals surface area contributed by atoms with Crippen molar-refractivity contribution in [3.05, 3.63) is 72.8 Å². The molecule has 1 atom stereocenters. The van der Waals surface area contributed by atoms with Crippen LogP contribution in [0.5, 0.6) is 11.8 Å². The van der Waals surface area contributed by atoms with Gasteiger partial charge in [-0.3, -0.25) is 0 Å². The second kappa shape index (κ2) is 13.8. The van der Waals surface area contributed by atoms with Crippen LogP contribution in [0.1, 0.15) is 38.2 Å². The van der Waals surface area contributed by atoms with Gasteiger partial charge in [0.25, 0.3) is 0 Å². The number of aliphatic hydroxyl groups is 2. The number of benzene rings is 1. The Hall–Kier alpha value is -4.76. The molecule has 12 nitrogen and oxygen atoms in total. The first-order chi connectivity index (χ1) is 23.0. The van der Waals surface area contributed by atoms with Crippen molar-refractivity contribution in [3.8, 4) is 22.9 Å². The van der Waals surface area contributed by atoms with E-state index in [2.05, 4.69) is 30.2 Å². The molecule has 1 saturated heterocycles. The Morgan fingerprint density at radius 2 is 1.65 bits per heavy atom. The zero-order chi connectivity index (χ0) is 33.9. The molecule has 2 fully saturated rings. The predicted molar refractivity (Wildman–Crippen MR) is 172 cm³/mol. The van der Waals surface area contributed by atoms with Gasteiger partial charge >= 0.3 is 12.2 Å². The molecule has 1 unspecified atom stereocenters. The van der Waals surface area contributed by atoms with Gasteiger partial charge in [-0.2, -0.15) is 18.2 Å². The Morgan fingerprint density at radius 3 is 2.25 bits per heavy atom. The van der Waals surface area contributed by atoms with Gasteiger partial charge in [-0.1, -0.05) is 18.2 Å². The summed E-state index contributed by atoms with van der Waals surface area (Å²) in [6, 6.07) is 13.0. The Kier molecular flexibility index (Phi) is 9.51. The second-order valence-electron chi connectivity index (χ2n) is 12.3. The Morgan fingerprint density at radius 1 is 0.958 bits per heavy atom. The number of aromatic nitrogens is 5. The Bertz CT molecular complexity index is 1650. The van der Waals surface area contributed by atoms with Crippen LogP contribution in [0, 0.1) is 0 Å². The van der Waals surface area contributed by atoms with E-state index in [0.29, 0.717) is 37.3 Å². The Balaban J connectivity index is 1.16. The van der Waals surface area contributed by atoms with E-state index in [1.165, 1.54) is 12.0 Å². The molecule has 48 heavy (non-hydrogen) atoms. The van der Waals surface area contributed by atoms with Crippen LogP contribution in [0.3, 0.4) is 0 Å². The summed E-state index contributed by atoms with van der Waals surface area (Å²) in [5.74, 6) is 1.05. The molecule has 4 aromatic rings. The molecule has 254 valence electrons. The summed E-state index contributed by atoms with van der Waals surface area (Å²) in [6.07, 6.45) is 2.73. The lowest BCUT2D eigenvalue weighted by atomic mass is 9.90. The minimum absolute atomic E-state index is 0.00347. The maximum Gasteiger partial charge on any atom is 0.421 e. The summed E-state index contributed by atoms with van der Waals surface area (Å²) >= 11 is 0. The summed E-state index contributed by atoms with van der Waals surface area (Å²) in [7, 11) is 1.50. The number of aliphatic hydroxyl groups excluding tert-OH is 1. The molecule has 6 rings (SSSR count). The van der Waals surface area contributed by atoms with Crippen LogP contribution in [0.2, 0.25) is 0 Å². The van der Waals surface area contributed by atoms with Gasteiger partial charge in [0.05, 0.1) is 12.7 Å². The molecule has 4 heterocycles. The van der Waals surface area contributed by atoms with E-state index in [1.807, 2.05) is 47.4 Å². The molecule has 1 saturated carbocycles. The maximum atomic E-state index is 13.7. The number of para-hydroxylation sites is 1. The fourth-order valence-corrected chi connectivity index (χ4v) is 6.12. The van der Waals surface area contributed by atoms with E-state index in [9.17, 15) is 23.4 Å². The number of pyridine rings is 1. The Labute approximate surface area is 275 Å². The normalized spacial score (nSPS) is 19.6. The summed E-state index contributed by atoms with van der Waals surface area (Å²) < 4.78 is 52.1. The minimum Gasteiger partial charge on any atom is -0.489 e. The molecule has 1 aromatic carbocycles. The first-order valence-corrected chi connectivity index (χ1v) is 15.6. The molecule has 15 heteroatoms. The first-order valence-electron chi connectivity index (χ1n) is 15.6. The second-order valence-corrected chi connectivity index (χ2v) is 12.3. The number of hydrogen-bond acceptors (Lipinski definition) is 12. The van der Waals surface area contributed by atoms with Crippen molar-refractivity contribution < 1.29 is 32.9 Å². The first kappa shape index (κ1) is 33.2. The lowest BCUT2D eigenvalue weighted by Gasteiger charge is -2.45. The standard InChI is InChI=1S/C33H37F3N8O4/c1-32(46)19-43(20-32)29-26(33(34,35)36)17-38-30(42-29)41-23-9-11-24(12-10-23)44(28(45)18-48-25-6-4-3-5-7-25)27-13-8-21(14-37-27)22-15-39-31(47-2)40-16-22/h3-8,13-17,23-24,28,45-46H,9-12,18-20H2,1-2H3,(H,38,41,42). The topological polar surface area (TPSA) is 142 Å². The van der Waals surface area contributed by atoms with E-state index in [1.54, 1.807) is 25.5 Å². The molecular weight excluding hydrogens is 629 g/mol. The van der Waals surface area contributed by atoms with Crippen LogP contribution in [0.15, 0.2) is 67.3 Å². The number of halogens is 3. The summed E-state index contributed by atoms with van der Waals surface area (Å²) in [5.41, 5.74) is -0.453. The highest BCUT2D eigenvalue weighted by Gasteiger charge is 2.43. The number of hydrogen-bond donors (Lipinski definition) is 3. The van der Waals surface area contributed by atoms with Gasteiger partial charge in [0, 0.05) is 61.1 Å². The van der Waals surface area contributed by atoms with Gasteiger partial charge in [0.15, 0.2) is 6.23 Å². The number of anilines is 3. The average molecular weight is 667 g/mol. The van der Waals surface area contributed by atoms with Crippen LogP contribution in [-0.4, -0.2) is 85.9 Å². The summed E-state index contributed by atoms with van der Waals surface area (Å²) in [5, 5.41) is 24.8.